The van der Waals surface area contributed by atoms with Gasteiger partial charge < -0.3 is 10.7 Å². The fraction of sp³-hybridized carbons (Fsp3) is 0.429. The number of anilines is 1. The molecular formula is C14H19N3. The summed E-state index contributed by atoms with van der Waals surface area (Å²) in [5.74, 6) is 0. The first-order valence-corrected chi connectivity index (χ1v) is 5.85. The fourth-order valence-corrected chi connectivity index (χ4v) is 1.55. The van der Waals surface area contributed by atoms with Gasteiger partial charge in [-0.15, -0.1) is 0 Å². The number of hydrogen-bond donors (Lipinski definition) is 2. The van der Waals surface area contributed by atoms with E-state index in [2.05, 4.69) is 23.5 Å². The van der Waals surface area contributed by atoms with Crippen molar-refractivity contribution in [2.24, 2.45) is 0 Å². The van der Waals surface area contributed by atoms with Crippen LogP contribution in [0.15, 0.2) is 24.3 Å². The first kappa shape index (κ1) is 13.2. The molecule has 90 valence electrons. The quantitative estimate of drug-likeness (QED) is 0.580. The second-order valence-electron chi connectivity index (χ2n) is 4.66. The van der Waals surface area contributed by atoms with Crippen LogP contribution in [0.25, 0.3) is 0 Å². The lowest BCUT2D eigenvalue weighted by Crippen LogP contribution is -2.28. The number of nitriles is 1. The molecule has 0 aliphatic carbocycles. The SMILES string of the molecule is CC(C)(C#N)Nc1ccc(CCCC=N)cc1. The molecule has 0 fully saturated rings. The first-order chi connectivity index (χ1) is 8.07. The Balaban J connectivity index is 2.56. The average molecular weight is 229 g/mol. The minimum Gasteiger partial charge on any atom is -0.368 e. The number of nitrogens with zero attached hydrogens (tertiary/aromatic N) is 1. The van der Waals surface area contributed by atoms with Gasteiger partial charge in [-0.05, 0) is 57.0 Å². The topological polar surface area (TPSA) is 59.7 Å². The van der Waals surface area contributed by atoms with Crippen molar-refractivity contribution in [2.45, 2.75) is 38.6 Å². The smallest absolute Gasteiger partial charge is 0.119 e. The minimum absolute atomic E-state index is 0.540. The highest BCUT2D eigenvalue weighted by molar-refractivity contribution is 5.52. The molecule has 0 aliphatic heterocycles. The van der Waals surface area contributed by atoms with Crippen LogP contribution in [0.3, 0.4) is 0 Å². The van der Waals surface area contributed by atoms with Crippen molar-refractivity contribution in [3.05, 3.63) is 29.8 Å². The third kappa shape index (κ3) is 4.69. The lowest BCUT2D eigenvalue weighted by atomic mass is 10.1. The molecule has 1 aromatic rings. The van der Waals surface area contributed by atoms with E-state index in [1.807, 2.05) is 26.0 Å². The maximum Gasteiger partial charge on any atom is 0.119 e. The van der Waals surface area contributed by atoms with Crippen LogP contribution in [0.4, 0.5) is 5.69 Å². The van der Waals surface area contributed by atoms with Gasteiger partial charge in [0.1, 0.15) is 5.54 Å². The largest absolute Gasteiger partial charge is 0.368 e. The van der Waals surface area contributed by atoms with Gasteiger partial charge in [0.15, 0.2) is 0 Å². The zero-order valence-corrected chi connectivity index (χ0v) is 10.5. The predicted molar refractivity (Wildman–Crippen MR) is 71.5 cm³/mol. The Hall–Kier alpha value is -1.82. The molecule has 2 N–H and O–H groups in total. The van der Waals surface area contributed by atoms with Gasteiger partial charge in [0.2, 0.25) is 0 Å². The number of hydrogen-bond acceptors (Lipinski definition) is 3. The second-order valence-corrected chi connectivity index (χ2v) is 4.66. The minimum atomic E-state index is -0.540. The molecule has 1 rings (SSSR count). The van der Waals surface area contributed by atoms with Crippen molar-refractivity contribution < 1.29 is 0 Å². The Kier molecular flexibility index (Phi) is 4.71. The summed E-state index contributed by atoms with van der Waals surface area (Å²) in [5.41, 5.74) is 1.70. The number of benzene rings is 1. The highest BCUT2D eigenvalue weighted by atomic mass is 15.0. The van der Waals surface area contributed by atoms with Crippen LogP contribution in [0.1, 0.15) is 32.3 Å². The van der Waals surface area contributed by atoms with Crippen LogP contribution >= 0.6 is 0 Å². The molecule has 17 heavy (non-hydrogen) atoms. The summed E-state index contributed by atoms with van der Waals surface area (Å²) >= 11 is 0. The number of nitrogens with one attached hydrogen (secondary N) is 2. The van der Waals surface area contributed by atoms with Gasteiger partial charge in [0.25, 0.3) is 0 Å². The van der Waals surface area contributed by atoms with E-state index in [4.69, 9.17) is 10.7 Å². The summed E-state index contributed by atoms with van der Waals surface area (Å²) < 4.78 is 0. The number of aryl methyl sites for hydroxylation is 1. The Labute approximate surface area is 103 Å². The van der Waals surface area contributed by atoms with E-state index >= 15 is 0 Å². The third-order valence-electron chi connectivity index (χ3n) is 2.50. The zero-order chi connectivity index (χ0) is 12.7. The van der Waals surface area contributed by atoms with E-state index in [1.165, 1.54) is 11.8 Å². The van der Waals surface area contributed by atoms with Gasteiger partial charge in [-0.2, -0.15) is 5.26 Å². The molecule has 0 aliphatic rings. The molecule has 0 unspecified atom stereocenters. The van der Waals surface area contributed by atoms with E-state index in [9.17, 15) is 0 Å². The highest BCUT2D eigenvalue weighted by Gasteiger charge is 2.15. The van der Waals surface area contributed by atoms with Crippen molar-refractivity contribution in [1.29, 1.82) is 10.7 Å². The fourth-order valence-electron chi connectivity index (χ4n) is 1.55. The van der Waals surface area contributed by atoms with Gasteiger partial charge in [-0.1, -0.05) is 12.1 Å². The number of rotatable bonds is 6. The lowest BCUT2D eigenvalue weighted by molar-refractivity contribution is 0.728. The average Bonchev–Trinajstić information content (AvgIpc) is 2.31. The van der Waals surface area contributed by atoms with Crippen molar-refractivity contribution in [1.82, 2.24) is 0 Å². The molecule has 3 nitrogen and oxygen atoms in total. The van der Waals surface area contributed by atoms with E-state index in [0.717, 1.165) is 24.9 Å². The van der Waals surface area contributed by atoms with Gasteiger partial charge in [-0.3, -0.25) is 0 Å². The van der Waals surface area contributed by atoms with E-state index in [0.29, 0.717) is 0 Å². The maximum absolute atomic E-state index is 8.92. The highest BCUT2D eigenvalue weighted by Crippen LogP contribution is 2.16. The molecule has 3 heteroatoms. The van der Waals surface area contributed by atoms with Crippen molar-refractivity contribution in [3.63, 3.8) is 0 Å². The van der Waals surface area contributed by atoms with E-state index in [1.54, 1.807) is 0 Å². The van der Waals surface area contributed by atoms with E-state index < -0.39 is 5.54 Å². The summed E-state index contributed by atoms with van der Waals surface area (Å²) in [6.45, 7) is 3.70. The Bertz CT molecular complexity index is 398. The normalized spacial score (nSPS) is 10.6. The van der Waals surface area contributed by atoms with Gasteiger partial charge in [0.05, 0.1) is 6.07 Å². The molecule has 0 amide bonds. The molecule has 0 radical (unpaired) electrons. The zero-order valence-electron chi connectivity index (χ0n) is 10.5. The first-order valence-electron chi connectivity index (χ1n) is 5.85. The second kappa shape index (κ2) is 6.05. The molecule has 0 heterocycles. The number of unbranched alkanes of at least 4 members (excludes halogenated alkanes) is 1. The van der Waals surface area contributed by atoms with Crippen LogP contribution in [-0.4, -0.2) is 11.8 Å². The molecule has 0 saturated carbocycles. The van der Waals surface area contributed by atoms with Gasteiger partial charge >= 0.3 is 0 Å². The Morgan fingerprint density at radius 2 is 2.00 bits per heavy atom. The standard InChI is InChI=1S/C14H19N3/c1-14(2,11-16)17-13-8-6-12(7-9-13)5-3-4-10-15/h6-10,15,17H,3-5H2,1-2H3. The monoisotopic (exact) mass is 229 g/mol. The summed E-state index contributed by atoms with van der Waals surface area (Å²) in [4.78, 5) is 0. The Morgan fingerprint density at radius 1 is 1.35 bits per heavy atom. The van der Waals surface area contributed by atoms with Crippen LogP contribution in [0.5, 0.6) is 0 Å². The summed E-state index contributed by atoms with van der Waals surface area (Å²) in [6, 6.07) is 10.3. The van der Waals surface area contributed by atoms with Gasteiger partial charge in [0, 0.05) is 5.69 Å². The molecule has 0 aromatic heterocycles. The van der Waals surface area contributed by atoms with Crippen molar-refractivity contribution >= 4 is 11.9 Å². The third-order valence-corrected chi connectivity index (χ3v) is 2.50. The summed E-state index contributed by atoms with van der Waals surface area (Å²) in [7, 11) is 0. The van der Waals surface area contributed by atoms with E-state index in [-0.39, 0.29) is 0 Å². The lowest BCUT2D eigenvalue weighted by Gasteiger charge is -2.19. The Morgan fingerprint density at radius 3 is 2.53 bits per heavy atom. The maximum atomic E-state index is 8.92. The van der Waals surface area contributed by atoms with Crippen molar-refractivity contribution in [3.8, 4) is 6.07 Å². The molecule has 1 aromatic carbocycles. The summed E-state index contributed by atoms with van der Waals surface area (Å²) in [6.07, 6.45) is 4.30. The van der Waals surface area contributed by atoms with Crippen LogP contribution in [0.2, 0.25) is 0 Å². The van der Waals surface area contributed by atoms with Crippen LogP contribution < -0.4 is 5.32 Å². The van der Waals surface area contributed by atoms with Crippen LogP contribution in [0, 0.1) is 16.7 Å². The summed E-state index contributed by atoms with van der Waals surface area (Å²) in [5, 5.41) is 19.0. The molecule has 0 atom stereocenters. The van der Waals surface area contributed by atoms with Crippen molar-refractivity contribution in [2.75, 3.05) is 5.32 Å². The molecular weight excluding hydrogens is 210 g/mol. The molecule has 0 bridgehead atoms. The van der Waals surface area contributed by atoms with Gasteiger partial charge in [-0.25, -0.2) is 0 Å². The van der Waals surface area contributed by atoms with Crippen LogP contribution in [-0.2, 0) is 6.42 Å². The predicted octanol–water partition coefficient (Wildman–Crippen LogP) is 3.37. The molecule has 0 spiro atoms. The molecule has 0 saturated heterocycles.